The lowest BCUT2D eigenvalue weighted by molar-refractivity contribution is 0.0470. The van der Waals surface area contributed by atoms with Gasteiger partial charge in [0, 0.05) is 11.8 Å². The van der Waals surface area contributed by atoms with Gasteiger partial charge >= 0.3 is 12.2 Å². The number of benzene rings is 1. The van der Waals surface area contributed by atoms with E-state index in [4.69, 9.17) is 21.1 Å². The van der Waals surface area contributed by atoms with Crippen LogP contribution < -0.4 is 10.6 Å². The summed E-state index contributed by atoms with van der Waals surface area (Å²) in [6.45, 7) is 12.2. The van der Waals surface area contributed by atoms with E-state index in [1.54, 1.807) is 46.8 Å². The Balaban J connectivity index is 2.08. The van der Waals surface area contributed by atoms with Gasteiger partial charge in [-0.1, -0.05) is 18.7 Å². The lowest BCUT2D eigenvalue weighted by Crippen LogP contribution is -2.43. The maximum absolute atomic E-state index is 15.6. The highest BCUT2D eigenvalue weighted by molar-refractivity contribution is 7.15. The van der Waals surface area contributed by atoms with Crippen LogP contribution in [-0.2, 0) is 15.0 Å². The number of hydrogen-bond acceptors (Lipinski definition) is 8. The minimum atomic E-state index is -0.988. The molecule has 3 aromatic rings. The molecule has 0 unspecified atom stereocenters. The SMILES string of the molecule is C=CCOC(=O)Nc1cccc(-c2nc(C(C)(C)NC(=O)OC(C)(C)C)sc2-c2ccnc(Cl)n2)c1F. The van der Waals surface area contributed by atoms with Gasteiger partial charge in [-0.3, -0.25) is 5.32 Å². The number of aromatic nitrogens is 3. The number of amides is 2. The second-order valence-corrected chi connectivity index (χ2v) is 10.7. The van der Waals surface area contributed by atoms with Gasteiger partial charge in [0.05, 0.1) is 27.5 Å². The molecule has 0 bridgehead atoms. The number of alkyl carbamates (subject to hydrolysis) is 1. The Labute approximate surface area is 223 Å². The van der Waals surface area contributed by atoms with Crippen LogP contribution in [0.3, 0.4) is 0 Å². The molecular formula is C25H27ClFN5O4S. The molecule has 2 heterocycles. The molecule has 0 saturated heterocycles. The molecule has 2 aromatic heterocycles. The van der Waals surface area contributed by atoms with E-state index in [1.807, 2.05) is 0 Å². The minimum Gasteiger partial charge on any atom is -0.445 e. The largest absolute Gasteiger partial charge is 0.445 e. The zero-order chi connectivity index (χ0) is 27.4. The van der Waals surface area contributed by atoms with Crippen LogP contribution in [0.4, 0.5) is 19.7 Å². The number of thiazole rings is 1. The van der Waals surface area contributed by atoms with E-state index in [1.165, 1.54) is 35.7 Å². The van der Waals surface area contributed by atoms with Gasteiger partial charge in [0.2, 0.25) is 5.28 Å². The van der Waals surface area contributed by atoms with Crippen molar-refractivity contribution in [3.63, 3.8) is 0 Å². The third-order valence-electron chi connectivity index (χ3n) is 4.66. The summed E-state index contributed by atoms with van der Waals surface area (Å²) in [4.78, 5) is 37.8. The first kappa shape index (κ1) is 28.0. The predicted octanol–water partition coefficient (Wildman–Crippen LogP) is 6.55. The van der Waals surface area contributed by atoms with Crippen molar-refractivity contribution in [2.75, 3.05) is 11.9 Å². The Bertz CT molecular complexity index is 1320. The summed E-state index contributed by atoms with van der Waals surface area (Å²) < 4.78 is 25.9. The molecule has 2 N–H and O–H groups in total. The highest BCUT2D eigenvalue weighted by Gasteiger charge is 2.32. The van der Waals surface area contributed by atoms with Crippen molar-refractivity contribution in [2.24, 2.45) is 0 Å². The average Bonchev–Trinajstić information content (AvgIpc) is 3.24. The molecule has 1 aromatic carbocycles. The van der Waals surface area contributed by atoms with E-state index >= 15 is 4.39 Å². The van der Waals surface area contributed by atoms with Crippen molar-refractivity contribution >= 4 is 40.8 Å². The second kappa shape index (κ2) is 11.2. The lowest BCUT2D eigenvalue weighted by atomic mass is 10.1. The lowest BCUT2D eigenvalue weighted by Gasteiger charge is -2.27. The molecule has 0 saturated carbocycles. The number of rotatable bonds is 7. The number of halogens is 2. The van der Waals surface area contributed by atoms with Crippen LogP contribution in [0.15, 0.2) is 43.1 Å². The van der Waals surface area contributed by atoms with Gasteiger partial charge in [0.25, 0.3) is 0 Å². The standard InChI is InChI=1S/C25H27ClFN5O4S/c1-7-13-35-22(33)30-15-10-8-9-14(17(15)27)18-19(16-11-12-28-21(26)29-16)37-20(31-18)25(5,6)32-23(34)36-24(2,3)4/h7-12H,1,13H2,2-6H3,(H,30,33)(H,32,34). The Morgan fingerprint density at radius 3 is 2.54 bits per heavy atom. The van der Waals surface area contributed by atoms with E-state index < -0.39 is 29.1 Å². The van der Waals surface area contributed by atoms with Crippen LogP contribution >= 0.6 is 22.9 Å². The maximum atomic E-state index is 15.6. The zero-order valence-electron chi connectivity index (χ0n) is 21.0. The van der Waals surface area contributed by atoms with Crippen LogP contribution in [0.1, 0.15) is 39.6 Å². The summed E-state index contributed by atoms with van der Waals surface area (Å²) in [7, 11) is 0. The molecule has 3 rings (SSSR count). The van der Waals surface area contributed by atoms with Crippen molar-refractivity contribution in [1.82, 2.24) is 20.3 Å². The monoisotopic (exact) mass is 547 g/mol. The molecule has 9 nitrogen and oxygen atoms in total. The molecular weight excluding hydrogens is 521 g/mol. The van der Waals surface area contributed by atoms with Gasteiger partial charge in [0.15, 0.2) is 5.82 Å². The van der Waals surface area contributed by atoms with Crippen molar-refractivity contribution in [3.8, 4) is 21.8 Å². The quantitative estimate of drug-likeness (QED) is 0.254. The molecule has 37 heavy (non-hydrogen) atoms. The van der Waals surface area contributed by atoms with Crippen molar-refractivity contribution in [1.29, 1.82) is 0 Å². The zero-order valence-corrected chi connectivity index (χ0v) is 22.6. The fraction of sp³-hybridized carbons (Fsp3) is 0.320. The van der Waals surface area contributed by atoms with Gasteiger partial charge in [-0.25, -0.2) is 28.9 Å². The third kappa shape index (κ3) is 7.23. The van der Waals surface area contributed by atoms with Gasteiger partial charge in [-0.05, 0) is 64.4 Å². The third-order valence-corrected chi connectivity index (χ3v) is 6.24. The summed E-state index contributed by atoms with van der Waals surface area (Å²) in [6.07, 6.45) is 1.41. The number of ether oxygens (including phenoxy) is 2. The number of nitrogens with one attached hydrogen (secondary N) is 2. The summed E-state index contributed by atoms with van der Waals surface area (Å²) in [5.74, 6) is -0.728. The number of hydrogen-bond donors (Lipinski definition) is 2. The van der Waals surface area contributed by atoms with Crippen molar-refractivity contribution in [3.05, 3.63) is 59.2 Å². The molecule has 2 amide bonds. The first-order chi connectivity index (χ1) is 17.3. The molecule has 0 spiro atoms. The normalized spacial score (nSPS) is 11.5. The van der Waals surface area contributed by atoms with Crippen LogP contribution in [0.25, 0.3) is 21.8 Å². The molecule has 12 heteroatoms. The Morgan fingerprint density at radius 2 is 1.89 bits per heavy atom. The molecule has 196 valence electrons. The molecule has 0 radical (unpaired) electrons. The highest BCUT2D eigenvalue weighted by atomic mass is 35.5. The minimum absolute atomic E-state index is 0.00499. The Morgan fingerprint density at radius 1 is 1.16 bits per heavy atom. The van der Waals surface area contributed by atoms with Crippen LogP contribution in [-0.4, -0.2) is 39.3 Å². The fourth-order valence-electron chi connectivity index (χ4n) is 3.11. The maximum Gasteiger partial charge on any atom is 0.412 e. The average molecular weight is 548 g/mol. The van der Waals surface area contributed by atoms with E-state index in [-0.39, 0.29) is 28.8 Å². The van der Waals surface area contributed by atoms with Gasteiger partial charge in [-0.2, -0.15) is 0 Å². The van der Waals surface area contributed by atoms with E-state index in [0.717, 1.165) is 0 Å². The van der Waals surface area contributed by atoms with E-state index in [9.17, 15) is 9.59 Å². The fourth-order valence-corrected chi connectivity index (χ4v) is 4.36. The predicted molar refractivity (Wildman–Crippen MR) is 141 cm³/mol. The van der Waals surface area contributed by atoms with Gasteiger partial charge in [-0.15, -0.1) is 11.3 Å². The first-order valence-corrected chi connectivity index (χ1v) is 12.3. The number of carbonyl (C=O) groups excluding carboxylic acids is 2. The molecule has 0 aliphatic heterocycles. The van der Waals surface area contributed by atoms with Crippen molar-refractivity contribution in [2.45, 2.75) is 45.8 Å². The molecule has 0 fully saturated rings. The summed E-state index contributed by atoms with van der Waals surface area (Å²) in [5, 5.41) is 5.65. The molecule has 0 aliphatic rings. The summed E-state index contributed by atoms with van der Waals surface area (Å²) >= 11 is 7.22. The topological polar surface area (TPSA) is 115 Å². The van der Waals surface area contributed by atoms with E-state index in [2.05, 4.69) is 32.2 Å². The van der Waals surface area contributed by atoms with Crippen molar-refractivity contribution < 1.29 is 23.5 Å². The van der Waals surface area contributed by atoms with E-state index in [0.29, 0.717) is 15.6 Å². The smallest absolute Gasteiger partial charge is 0.412 e. The van der Waals surface area contributed by atoms with Crippen LogP contribution in [0, 0.1) is 5.82 Å². The number of carbonyl (C=O) groups is 2. The second-order valence-electron chi connectivity index (χ2n) is 9.34. The molecule has 0 atom stereocenters. The van der Waals surface area contributed by atoms with Gasteiger partial charge < -0.3 is 14.8 Å². The number of anilines is 1. The summed E-state index contributed by atoms with van der Waals surface area (Å²) in [5.41, 5.74) is -1.02. The Hall–Kier alpha value is -3.57. The first-order valence-electron chi connectivity index (χ1n) is 11.2. The number of nitrogens with zero attached hydrogens (tertiary/aromatic N) is 3. The van der Waals surface area contributed by atoms with Crippen LogP contribution in [0.5, 0.6) is 0 Å². The highest BCUT2D eigenvalue weighted by Crippen LogP contribution is 2.41. The van der Waals surface area contributed by atoms with Gasteiger partial charge in [0.1, 0.15) is 17.2 Å². The van der Waals surface area contributed by atoms with Crippen LogP contribution in [0.2, 0.25) is 5.28 Å². The summed E-state index contributed by atoms with van der Waals surface area (Å²) in [6, 6.07) is 6.11. The molecule has 0 aliphatic carbocycles. The Kier molecular flexibility index (Phi) is 8.49.